The summed E-state index contributed by atoms with van der Waals surface area (Å²) in [6, 6.07) is 0. The topological polar surface area (TPSA) is 72.3 Å². The smallest absolute Gasteiger partial charge is 0.347 e. The van der Waals surface area contributed by atoms with E-state index in [9.17, 15) is 4.79 Å². The Bertz CT molecular complexity index is 562. The van der Waals surface area contributed by atoms with Gasteiger partial charge in [0.25, 0.3) is 0 Å². The molecule has 2 rings (SSSR count). The van der Waals surface area contributed by atoms with E-state index in [2.05, 4.69) is 9.97 Å². The minimum atomic E-state index is -0.958. The van der Waals surface area contributed by atoms with Gasteiger partial charge in [-0.15, -0.1) is 22.7 Å². The van der Waals surface area contributed by atoms with Gasteiger partial charge in [0.2, 0.25) is 0 Å². The lowest BCUT2D eigenvalue weighted by molar-refractivity contribution is 0.0697. The number of ether oxygens (including phenoxy) is 1. The van der Waals surface area contributed by atoms with Crippen LogP contribution < -0.4 is 0 Å². The summed E-state index contributed by atoms with van der Waals surface area (Å²) in [6.45, 7) is 2.16. The Balaban J connectivity index is 2.23. The minimum Gasteiger partial charge on any atom is -0.477 e. The molecule has 0 fully saturated rings. The molecule has 0 aliphatic rings. The summed E-state index contributed by atoms with van der Waals surface area (Å²) in [5.41, 5.74) is 1.41. The average molecular weight is 284 g/mol. The van der Waals surface area contributed by atoms with Crippen LogP contribution >= 0.6 is 22.7 Å². The molecule has 96 valence electrons. The zero-order chi connectivity index (χ0) is 13.1. The highest BCUT2D eigenvalue weighted by Crippen LogP contribution is 2.22. The predicted molar refractivity (Wildman–Crippen MR) is 69.4 cm³/mol. The highest BCUT2D eigenvalue weighted by molar-refractivity contribution is 7.13. The van der Waals surface area contributed by atoms with Crippen molar-refractivity contribution in [2.45, 2.75) is 20.0 Å². The van der Waals surface area contributed by atoms with Crippen molar-refractivity contribution in [2.75, 3.05) is 7.11 Å². The second kappa shape index (κ2) is 5.55. The van der Waals surface area contributed by atoms with Gasteiger partial charge < -0.3 is 9.84 Å². The second-order valence-corrected chi connectivity index (χ2v) is 5.80. The third-order valence-corrected chi connectivity index (χ3v) is 4.12. The summed E-state index contributed by atoms with van der Waals surface area (Å²) in [4.78, 5) is 20.0. The Labute approximate surface area is 112 Å². The molecule has 0 amide bonds. The average Bonchev–Trinajstić information content (AvgIpc) is 2.87. The van der Waals surface area contributed by atoms with Crippen molar-refractivity contribution >= 4 is 28.6 Å². The standard InChI is InChI=1S/C11H12N2O3S2/c1-6-12-7(5-17-6)3-9-13-8(4-16-2)10(18-9)11(14)15/h5H,3-4H2,1-2H3,(H,14,15). The van der Waals surface area contributed by atoms with Crippen molar-refractivity contribution in [1.82, 2.24) is 9.97 Å². The Hall–Kier alpha value is -1.31. The fourth-order valence-corrected chi connectivity index (χ4v) is 3.06. The van der Waals surface area contributed by atoms with Crippen LogP contribution in [0.3, 0.4) is 0 Å². The first-order valence-electron chi connectivity index (χ1n) is 5.22. The first-order valence-corrected chi connectivity index (χ1v) is 6.91. The largest absolute Gasteiger partial charge is 0.477 e. The van der Waals surface area contributed by atoms with Gasteiger partial charge in [-0.3, -0.25) is 0 Å². The van der Waals surface area contributed by atoms with Crippen molar-refractivity contribution in [1.29, 1.82) is 0 Å². The van der Waals surface area contributed by atoms with E-state index >= 15 is 0 Å². The number of nitrogens with zero attached hydrogens (tertiary/aromatic N) is 2. The summed E-state index contributed by atoms with van der Waals surface area (Å²) in [7, 11) is 1.52. The Morgan fingerprint density at radius 3 is 2.83 bits per heavy atom. The SMILES string of the molecule is COCc1nc(Cc2csc(C)n2)sc1C(=O)O. The molecule has 0 unspecified atom stereocenters. The second-order valence-electron chi connectivity index (χ2n) is 3.66. The molecule has 2 heterocycles. The molecular formula is C11H12N2O3S2. The van der Waals surface area contributed by atoms with Gasteiger partial charge >= 0.3 is 5.97 Å². The molecule has 0 saturated carbocycles. The summed E-state index contributed by atoms with van der Waals surface area (Å²) in [5, 5.41) is 12.8. The Morgan fingerprint density at radius 2 is 2.28 bits per heavy atom. The van der Waals surface area contributed by atoms with E-state index in [-0.39, 0.29) is 11.5 Å². The monoisotopic (exact) mass is 284 g/mol. The van der Waals surface area contributed by atoms with Crippen LogP contribution in [0.1, 0.15) is 31.1 Å². The van der Waals surface area contributed by atoms with Crippen molar-refractivity contribution in [3.63, 3.8) is 0 Å². The van der Waals surface area contributed by atoms with Crippen LogP contribution in [0.25, 0.3) is 0 Å². The molecule has 0 aliphatic heterocycles. The van der Waals surface area contributed by atoms with Crippen molar-refractivity contribution in [3.05, 3.63) is 31.7 Å². The molecular weight excluding hydrogens is 272 g/mol. The molecule has 5 nitrogen and oxygen atoms in total. The van der Waals surface area contributed by atoms with Crippen LogP contribution in [0.4, 0.5) is 0 Å². The van der Waals surface area contributed by atoms with Crippen LogP contribution in [0.15, 0.2) is 5.38 Å². The van der Waals surface area contributed by atoms with E-state index < -0.39 is 5.97 Å². The van der Waals surface area contributed by atoms with E-state index in [0.717, 1.165) is 15.7 Å². The first kappa shape index (κ1) is 13.1. The van der Waals surface area contributed by atoms with Crippen molar-refractivity contribution in [3.8, 4) is 0 Å². The van der Waals surface area contributed by atoms with Gasteiger partial charge in [-0.2, -0.15) is 0 Å². The number of aromatic nitrogens is 2. The van der Waals surface area contributed by atoms with Gasteiger partial charge in [0.05, 0.1) is 28.0 Å². The highest BCUT2D eigenvalue weighted by Gasteiger charge is 2.17. The number of rotatable bonds is 5. The number of aromatic carboxylic acids is 1. The molecule has 1 N–H and O–H groups in total. The lowest BCUT2D eigenvalue weighted by Crippen LogP contribution is -1.99. The Morgan fingerprint density at radius 1 is 1.50 bits per heavy atom. The molecule has 0 aliphatic carbocycles. The van der Waals surface area contributed by atoms with Gasteiger partial charge in [0.1, 0.15) is 4.88 Å². The zero-order valence-electron chi connectivity index (χ0n) is 9.97. The number of carboxylic acid groups (broad SMARTS) is 1. The van der Waals surface area contributed by atoms with Crippen LogP contribution in [-0.2, 0) is 17.8 Å². The van der Waals surface area contributed by atoms with E-state index in [4.69, 9.17) is 9.84 Å². The van der Waals surface area contributed by atoms with E-state index in [0.29, 0.717) is 12.1 Å². The molecule has 0 aromatic carbocycles. The van der Waals surface area contributed by atoms with Crippen LogP contribution in [0, 0.1) is 6.92 Å². The molecule has 0 spiro atoms. The summed E-state index contributed by atoms with van der Waals surface area (Å²) in [6.07, 6.45) is 0.568. The molecule has 0 bridgehead atoms. The predicted octanol–water partition coefficient (Wildman–Crippen LogP) is 2.34. The van der Waals surface area contributed by atoms with Gasteiger partial charge in [0, 0.05) is 18.9 Å². The number of carbonyl (C=O) groups is 1. The maximum atomic E-state index is 11.1. The third-order valence-electron chi connectivity index (χ3n) is 2.22. The molecule has 2 aromatic rings. The third kappa shape index (κ3) is 2.92. The van der Waals surface area contributed by atoms with Crippen LogP contribution in [0.2, 0.25) is 0 Å². The molecule has 0 atom stereocenters. The first-order chi connectivity index (χ1) is 8.60. The Kier molecular flexibility index (Phi) is 4.05. The number of carboxylic acids is 1. The van der Waals surface area contributed by atoms with Gasteiger partial charge in [-0.05, 0) is 6.92 Å². The number of hydrogen-bond acceptors (Lipinski definition) is 6. The summed E-state index contributed by atoms with van der Waals surface area (Å²) in [5.74, 6) is -0.958. The minimum absolute atomic E-state index is 0.216. The van der Waals surface area contributed by atoms with Crippen molar-refractivity contribution in [2.24, 2.45) is 0 Å². The van der Waals surface area contributed by atoms with Gasteiger partial charge in [-0.25, -0.2) is 14.8 Å². The number of methoxy groups -OCH3 is 1. The molecule has 7 heteroatoms. The van der Waals surface area contributed by atoms with Crippen molar-refractivity contribution < 1.29 is 14.6 Å². The number of hydrogen-bond donors (Lipinski definition) is 1. The lowest BCUT2D eigenvalue weighted by atomic mass is 10.3. The molecule has 18 heavy (non-hydrogen) atoms. The molecule has 0 saturated heterocycles. The quantitative estimate of drug-likeness (QED) is 0.912. The van der Waals surface area contributed by atoms with Crippen LogP contribution in [-0.4, -0.2) is 28.2 Å². The fourth-order valence-electron chi connectivity index (χ4n) is 1.52. The highest BCUT2D eigenvalue weighted by atomic mass is 32.1. The maximum absolute atomic E-state index is 11.1. The molecule has 2 aromatic heterocycles. The van der Waals surface area contributed by atoms with Gasteiger partial charge in [0.15, 0.2) is 0 Å². The number of thiazole rings is 2. The molecule has 0 radical (unpaired) electrons. The maximum Gasteiger partial charge on any atom is 0.347 e. The lowest BCUT2D eigenvalue weighted by Gasteiger charge is -1.94. The zero-order valence-corrected chi connectivity index (χ0v) is 11.6. The van der Waals surface area contributed by atoms with Crippen LogP contribution in [0.5, 0.6) is 0 Å². The fraction of sp³-hybridized carbons (Fsp3) is 0.364. The van der Waals surface area contributed by atoms with E-state index in [1.807, 2.05) is 12.3 Å². The van der Waals surface area contributed by atoms with Gasteiger partial charge in [-0.1, -0.05) is 0 Å². The van der Waals surface area contributed by atoms with E-state index in [1.165, 1.54) is 18.4 Å². The van der Waals surface area contributed by atoms with E-state index in [1.54, 1.807) is 11.3 Å². The summed E-state index contributed by atoms with van der Waals surface area (Å²) >= 11 is 2.76. The summed E-state index contributed by atoms with van der Waals surface area (Å²) < 4.78 is 4.95. The number of aryl methyl sites for hydroxylation is 1. The normalized spacial score (nSPS) is 10.8.